The van der Waals surface area contributed by atoms with Crippen LogP contribution in [0.25, 0.3) is 53.5 Å². The molecule has 0 spiro atoms. The summed E-state index contributed by atoms with van der Waals surface area (Å²) in [4.78, 5) is 43.7. The number of fused-ring (bicyclic) bond motifs is 3. The molecule has 119 heavy (non-hydrogen) atoms. The van der Waals surface area contributed by atoms with Crippen molar-refractivity contribution in [2.45, 2.75) is 136 Å². The van der Waals surface area contributed by atoms with Crippen LogP contribution in [0.3, 0.4) is 0 Å². The van der Waals surface area contributed by atoms with E-state index in [0.717, 1.165) is 257 Å². The molecule has 0 bridgehead atoms. The molecule has 0 unspecified atom stereocenters. The van der Waals surface area contributed by atoms with Crippen LogP contribution in [0.4, 0.5) is 34.1 Å². The fraction of sp³-hybridized carbons (Fsp3) is 0.478. The fourth-order valence-corrected chi connectivity index (χ4v) is 16.7. The SMILES string of the molecule is O=C(O)/C=C/C(=O)O.[C-]#[N+]c1ccc(CN(C)c2ccc3c(CCC4CCN(CC5OCCO5)CC4)noc3c2C=CC)cc1.[C-]#[N+]c1ccc(CN(C)c2ccc3c(CCC4CCN(CC5OCCO5)CC4)noc3c2CNC)cc1.[C-]#[N+]c1ccc(CN(C)c2ccc3c(CCC4CCN(CC5OCCO5)CC4)noc3c2CNC)cc1. The van der Waals surface area contributed by atoms with Crippen LogP contribution in [0.15, 0.2) is 141 Å². The van der Waals surface area contributed by atoms with E-state index in [1.165, 1.54) is 38.5 Å². The number of likely N-dealkylation sites (tertiary alicyclic amines) is 3. The van der Waals surface area contributed by atoms with Crippen molar-refractivity contribution in [2.75, 3.05) is 148 Å². The summed E-state index contributed by atoms with van der Waals surface area (Å²) >= 11 is 0. The van der Waals surface area contributed by atoms with Crippen molar-refractivity contribution >= 4 is 85.0 Å². The van der Waals surface area contributed by atoms with Gasteiger partial charge in [-0.15, -0.1) is 0 Å². The normalized spacial score (nSPS) is 17.0. The maximum absolute atomic E-state index is 9.55. The highest BCUT2D eigenvalue weighted by Gasteiger charge is 2.30. The third kappa shape index (κ3) is 24.9. The van der Waals surface area contributed by atoms with Crippen LogP contribution in [0.5, 0.6) is 0 Å². The van der Waals surface area contributed by atoms with Gasteiger partial charge in [0, 0.05) is 136 Å². The molecule has 6 fully saturated rings. The molecule has 0 saturated carbocycles. The van der Waals surface area contributed by atoms with E-state index in [-0.39, 0.29) is 18.9 Å². The number of carboxylic acids is 2. The molecule has 9 heterocycles. The number of benzene rings is 6. The first-order valence-corrected chi connectivity index (χ1v) is 41.7. The molecule has 3 aromatic heterocycles. The molecule has 15 rings (SSSR count). The molecule has 630 valence electrons. The zero-order valence-electron chi connectivity index (χ0n) is 69.5. The summed E-state index contributed by atoms with van der Waals surface area (Å²) < 4.78 is 51.5. The number of anilines is 3. The van der Waals surface area contributed by atoms with Gasteiger partial charge in [0.25, 0.3) is 0 Å². The summed E-state index contributed by atoms with van der Waals surface area (Å²) in [5, 5.41) is 39.1. The van der Waals surface area contributed by atoms with Crippen molar-refractivity contribution in [2.24, 2.45) is 17.8 Å². The first-order valence-electron chi connectivity index (χ1n) is 41.7. The van der Waals surface area contributed by atoms with E-state index in [4.69, 9.17) is 71.9 Å². The Morgan fingerprint density at radius 3 is 1.03 bits per heavy atom. The third-order valence-electron chi connectivity index (χ3n) is 23.2. The van der Waals surface area contributed by atoms with Crippen molar-refractivity contribution in [1.82, 2.24) is 40.8 Å². The number of allylic oxidation sites excluding steroid dienone is 1. The zero-order chi connectivity index (χ0) is 83.4. The van der Waals surface area contributed by atoms with E-state index in [1.54, 1.807) is 0 Å². The zero-order valence-corrected chi connectivity index (χ0v) is 69.5. The van der Waals surface area contributed by atoms with Crippen molar-refractivity contribution in [3.05, 3.63) is 212 Å². The number of nitrogens with one attached hydrogen (secondary N) is 2. The average Bonchev–Trinajstić information content (AvgIpc) is 1.68. The van der Waals surface area contributed by atoms with Gasteiger partial charge in [0.05, 0.1) is 76.4 Å². The predicted octanol–water partition coefficient (Wildman–Crippen LogP) is 15.3. The molecule has 0 amide bonds. The molecule has 0 aliphatic carbocycles. The third-order valence-corrected chi connectivity index (χ3v) is 23.2. The molecule has 9 aromatic rings. The molecule has 6 aliphatic heterocycles. The number of aromatic nitrogens is 3. The Morgan fingerprint density at radius 1 is 0.445 bits per heavy atom. The Labute approximate surface area is 698 Å². The minimum absolute atomic E-state index is 0.0426. The van der Waals surface area contributed by atoms with E-state index < -0.39 is 11.9 Å². The van der Waals surface area contributed by atoms with Crippen LogP contribution in [0, 0.1) is 37.5 Å². The molecule has 6 aromatic carbocycles. The molecule has 6 aliphatic rings. The van der Waals surface area contributed by atoms with Crippen molar-refractivity contribution < 1.29 is 61.8 Å². The molecule has 27 heteroatoms. The summed E-state index contributed by atoms with van der Waals surface area (Å²) in [5.41, 5.74) is 17.9. The molecular formula is C92H114N14O13. The monoisotopic (exact) mass is 1620 g/mol. The molecule has 0 atom stereocenters. The Morgan fingerprint density at radius 2 is 0.739 bits per heavy atom. The highest BCUT2D eigenvalue weighted by atomic mass is 16.7. The number of carboxylic acid groups (broad SMARTS) is 2. The minimum Gasteiger partial charge on any atom is -0.478 e. The van der Waals surface area contributed by atoms with Crippen molar-refractivity contribution in [1.29, 1.82) is 0 Å². The fourth-order valence-electron chi connectivity index (χ4n) is 16.7. The van der Waals surface area contributed by atoms with Gasteiger partial charge in [0.2, 0.25) is 0 Å². The molecule has 6 saturated heterocycles. The van der Waals surface area contributed by atoms with Crippen molar-refractivity contribution in [3.8, 4) is 0 Å². The molecule has 4 N–H and O–H groups in total. The largest absolute Gasteiger partial charge is 0.478 e. The number of piperidine rings is 3. The van der Waals surface area contributed by atoms with Gasteiger partial charge < -0.3 is 77.5 Å². The number of hydrogen-bond donors (Lipinski definition) is 4. The minimum atomic E-state index is -1.26. The molecule has 27 nitrogen and oxygen atoms in total. The van der Waals surface area contributed by atoms with E-state index in [1.807, 2.05) is 99.9 Å². The van der Waals surface area contributed by atoms with Crippen LogP contribution in [0.1, 0.15) is 115 Å². The lowest BCUT2D eigenvalue weighted by molar-refractivity contribution is -0.134. The van der Waals surface area contributed by atoms with Crippen LogP contribution < -0.4 is 25.3 Å². The summed E-state index contributed by atoms with van der Waals surface area (Å²) in [6.45, 7) is 40.8. The number of hydrogen-bond acceptors (Lipinski definition) is 22. The van der Waals surface area contributed by atoms with Crippen LogP contribution in [-0.2, 0) is 90.0 Å². The quantitative estimate of drug-likeness (QED) is 0.0232. The number of ether oxygens (including phenoxy) is 6. The van der Waals surface area contributed by atoms with Gasteiger partial charge in [-0.3, -0.25) is 14.7 Å². The van der Waals surface area contributed by atoms with E-state index in [0.29, 0.717) is 60.1 Å². The van der Waals surface area contributed by atoms with Gasteiger partial charge in [-0.25, -0.2) is 24.1 Å². The lowest BCUT2D eigenvalue weighted by Crippen LogP contribution is -2.39. The van der Waals surface area contributed by atoms with Gasteiger partial charge in [0.15, 0.2) is 52.7 Å². The average molecular weight is 1620 g/mol. The lowest BCUT2D eigenvalue weighted by Gasteiger charge is -2.32. The smallest absolute Gasteiger partial charge is 0.328 e. The summed E-state index contributed by atoms with van der Waals surface area (Å²) in [6.07, 6.45) is 18.6. The van der Waals surface area contributed by atoms with E-state index in [9.17, 15) is 9.59 Å². The number of aryl methyl sites for hydroxylation is 3. The van der Waals surface area contributed by atoms with Crippen LogP contribution >= 0.6 is 0 Å². The van der Waals surface area contributed by atoms with Gasteiger partial charge >= 0.3 is 11.9 Å². The number of aliphatic carboxylic acids is 2. The Bertz CT molecular complexity index is 4700. The first kappa shape index (κ1) is 87.9. The maximum Gasteiger partial charge on any atom is 0.328 e. The van der Waals surface area contributed by atoms with Crippen LogP contribution in [-0.4, -0.2) is 205 Å². The lowest BCUT2D eigenvalue weighted by atomic mass is 9.91. The highest BCUT2D eigenvalue weighted by molar-refractivity contribution is 5.94. The second-order valence-electron chi connectivity index (χ2n) is 31.5. The molecular weight excluding hydrogens is 1510 g/mol. The number of carbonyl (C=O) groups is 2. The number of nitrogens with zero attached hydrogens (tertiary/aromatic N) is 12. The van der Waals surface area contributed by atoms with Gasteiger partial charge in [0.1, 0.15) is 0 Å². The Balaban J connectivity index is 0.000000156. The van der Waals surface area contributed by atoms with E-state index >= 15 is 0 Å². The first-order chi connectivity index (χ1) is 58.0. The Kier molecular flexibility index (Phi) is 32.9. The van der Waals surface area contributed by atoms with Gasteiger partial charge in [-0.1, -0.05) is 100 Å². The molecule has 0 radical (unpaired) electrons. The van der Waals surface area contributed by atoms with Crippen molar-refractivity contribution in [3.63, 3.8) is 0 Å². The van der Waals surface area contributed by atoms with Gasteiger partial charge in [-0.2, -0.15) is 0 Å². The second-order valence-corrected chi connectivity index (χ2v) is 31.5. The number of rotatable bonds is 31. The summed E-state index contributed by atoms with van der Waals surface area (Å²) in [5.74, 6) is -0.377. The summed E-state index contributed by atoms with van der Waals surface area (Å²) in [7, 11) is 10.2. The second kappa shape index (κ2) is 44.6. The van der Waals surface area contributed by atoms with Crippen LogP contribution in [0.2, 0.25) is 0 Å². The highest BCUT2D eigenvalue weighted by Crippen LogP contribution is 2.38. The summed E-state index contributed by atoms with van der Waals surface area (Å²) in [6, 6.07) is 36.4. The van der Waals surface area contributed by atoms with E-state index in [2.05, 4.69) is 134 Å². The Hall–Kier alpha value is -10.4. The van der Waals surface area contributed by atoms with Gasteiger partial charge in [-0.05, 0) is 208 Å². The standard InChI is InChI=1S/C30H36N4O3.2C29H37N5O3.C4H4O4/c1-4-5-26-28(33(3)20-23-6-9-24(31-2)10-7-23)13-11-25-27(32-37-30(25)26)12-8-22-14-16-34(17-15-22)21-29-35-18-19-36-29;2*1-30-18-25-27(33(3)19-22-4-7-23(31-2)8-5-22)11-9-24-26(32-37-29(24)25)10-6-21-12-14-34(15-13-21)20-28-35-16-17-36-28;5-3(6)1-2-4(7)8/h4-7,9-11,13,22,29H,8,12,14-21H2,1,3H3;2*4-5,7-9,11,21,28,30H,6,10,12-20H2,1,3H3;1-2H,(H,5,6)(H,7,8)/b;;;2-1+. The topological polar surface area (TPSA) is 265 Å². The maximum atomic E-state index is 9.55. The predicted molar refractivity (Wildman–Crippen MR) is 461 cm³/mol.